The van der Waals surface area contributed by atoms with Gasteiger partial charge in [-0.25, -0.2) is 19.2 Å². The molecule has 8 heteroatoms. The average molecular weight is 400 g/mol. The van der Waals surface area contributed by atoms with Gasteiger partial charge in [-0.05, 0) is 62.6 Å². The number of urea groups is 1. The molecule has 1 aliphatic rings. The Labute approximate surface area is 164 Å². The lowest BCUT2D eigenvalue weighted by atomic mass is 9.98. The molecule has 2 amide bonds. The molecule has 0 aliphatic heterocycles. The number of carbonyl (C=O) groups is 1. The number of fused-ring (bicyclic) bond motifs is 1. The number of nitrogens with zero attached hydrogens (tertiary/aromatic N) is 2. The van der Waals surface area contributed by atoms with Crippen molar-refractivity contribution in [2.75, 3.05) is 5.32 Å². The van der Waals surface area contributed by atoms with Crippen LogP contribution in [0.2, 0.25) is 0 Å². The maximum absolute atomic E-state index is 13.2. The van der Waals surface area contributed by atoms with Crippen LogP contribution in [0.4, 0.5) is 19.3 Å². The largest absolute Gasteiger partial charge is 0.329 e. The Hall–Kier alpha value is -2.87. The first kappa shape index (κ1) is 18.5. The zero-order valence-electron chi connectivity index (χ0n) is 15.1. The van der Waals surface area contributed by atoms with Gasteiger partial charge in [0.05, 0.1) is 23.1 Å². The molecule has 0 saturated carbocycles. The van der Waals surface area contributed by atoms with Crippen molar-refractivity contribution >= 4 is 23.1 Å². The molecule has 28 heavy (non-hydrogen) atoms. The Bertz CT molecular complexity index is 1020. The number of carbonyl (C=O) groups excluding carboxylic acids is 1. The van der Waals surface area contributed by atoms with Crippen LogP contribution in [0.5, 0.6) is 0 Å². The van der Waals surface area contributed by atoms with Crippen LogP contribution in [0.15, 0.2) is 36.4 Å². The molecule has 2 N–H and O–H groups in total. The number of nitrogens with one attached hydrogen (secondary N) is 2. The average Bonchev–Trinajstić information content (AvgIpc) is 3.10. The first-order valence-corrected chi connectivity index (χ1v) is 9.77. The number of amides is 2. The van der Waals surface area contributed by atoms with Crippen molar-refractivity contribution in [1.82, 2.24) is 15.3 Å². The van der Waals surface area contributed by atoms with Gasteiger partial charge in [-0.2, -0.15) is 4.39 Å². The lowest BCUT2D eigenvalue weighted by Gasteiger charge is -2.22. The van der Waals surface area contributed by atoms with Crippen molar-refractivity contribution in [1.29, 1.82) is 0 Å². The standard InChI is InChI=1S/C20H18F2N4OS/c1-11-14(9-10-17(22)23-11)24-20(27)25-15-3-2-4-16-18(15)26-19(28-16)12-5-7-13(21)8-6-12/h5-10,15H,2-4H2,1H3,(H2,24,25,27). The van der Waals surface area contributed by atoms with Crippen molar-refractivity contribution in [3.8, 4) is 10.6 Å². The van der Waals surface area contributed by atoms with E-state index in [1.165, 1.54) is 24.3 Å². The van der Waals surface area contributed by atoms with Gasteiger partial charge < -0.3 is 10.6 Å². The summed E-state index contributed by atoms with van der Waals surface area (Å²) >= 11 is 1.58. The highest BCUT2D eigenvalue weighted by molar-refractivity contribution is 7.15. The molecule has 0 fully saturated rings. The minimum absolute atomic E-state index is 0.206. The van der Waals surface area contributed by atoms with Gasteiger partial charge in [0, 0.05) is 10.4 Å². The number of halogens is 2. The van der Waals surface area contributed by atoms with Crippen LogP contribution in [0.3, 0.4) is 0 Å². The number of aryl methyl sites for hydroxylation is 2. The summed E-state index contributed by atoms with van der Waals surface area (Å²) in [6.07, 6.45) is 2.64. The summed E-state index contributed by atoms with van der Waals surface area (Å²) in [5.74, 6) is -0.872. The summed E-state index contributed by atoms with van der Waals surface area (Å²) in [5.41, 5.74) is 2.59. The fourth-order valence-corrected chi connectivity index (χ4v) is 4.42. The van der Waals surface area contributed by atoms with Gasteiger partial charge in [0.2, 0.25) is 5.95 Å². The van der Waals surface area contributed by atoms with Crippen LogP contribution in [0, 0.1) is 18.7 Å². The summed E-state index contributed by atoms with van der Waals surface area (Å²) in [6, 6.07) is 8.35. The third kappa shape index (κ3) is 3.87. The van der Waals surface area contributed by atoms with E-state index in [0.717, 1.165) is 40.4 Å². The second-order valence-corrected chi connectivity index (χ2v) is 7.73. The third-order valence-corrected chi connectivity index (χ3v) is 5.83. The molecular weight excluding hydrogens is 382 g/mol. The molecule has 5 nitrogen and oxygen atoms in total. The summed E-state index contributed by atoms with van der Waals surface area (Å²) in [7, 11) is 0. The second-order valence-electron chi connectivity index (χ2n) is 6.64. The van der Waals surface area contributed by atoms with E-state index in [1.54, 1.807) is 30.4 Å². The third-order valence-electron chi connectivity index (χ3n) is 4.65. The molecular formula is C20H18F2N4OS. The minimum Gasteiger partial charge on any atom is -0.329 e. The number of pyridine rings is 1. The number of hydrogen-bond acceptors (Lipinski definition) is 4. The molecule has 4 rings (SSSR count). The quantitative estimate of drug-likeness (QED) is 0.609. The molecule has 1 aliphatic carbocycles. The number of benzene rings is 1. The Balaban J connectivity index is 1.51. The lowest BCUT2D eigenvalue weighted by molar-refractivity contribution is 0.247. The van der Waals surface area contributed by atoms with Crippen molar-refractivity contribution in [3.63, 3.8) is 0 Å². The van der Waals surface area contributed by atoms with Gasteiger partial charge in [-0.1, -0.05) is 0 Å². The zero-order chi connectivity index (χ0) is 19.7. The summed E-state index contributed by atoms with van der Waals surface area (Å²) in [5, 5.41) is 6.48. The fourth-order valence-electron chi connectivity index (χ4n) is 3.25. The predicted octanol–water partition coefficient (Wildman–Crippen LogP) is 4.99. The Morgan fingerprint density at radius 1 is 1.14 bits per heavy atom. The SMILES string of the molecule is Cc1nc(F)ccc1NC(=O)NC1CCCc2sc(-c3ccc(F)cc3)nc21. The Morgan fingerprint density at radius 3 is 2.68 bits per heavy atom. The normalized spacial score (nSPS) is 15.8. The van der Waals surface area contributed by atoms with E-state index in [1.807, 2.05) is 0 Å². The summed E-state index contributed by atoms with van der Waals surface area (Å²) < 4.78 is 26.3. The van der Waals surface area contributed by atoms with Gasteiger partial charge in [0.1, 0.15) is 10.8 Å². The number of rotatable bonds is 3. The summed E-state index contributed by atoms with van der Waals surface area (Å²) in [6.45, 7) is 1.63. The molecule has 0 radical (unpaired) electrons. The van der Waals surface area contributed by atoms with E-state index < -0.39 is 5.95 Å². The molecule has 1 unspecified atom stereocenters. The molecule has 0 bridgehead atoms. The molecule has 2 aromatic heterocycles. The van der Waals surface area contributed by atoms with Crippen LogP contribution in [0.25, 0.3) is 10.6 Å². The minimum atomic E-state index is -0.587. The molecule has 3 aromatic rings. The topological polar surface area (TPSA) is 66.9 Å². The highest BCUT2D eigenvalue weighted by Gasteiger charge is 2.26. The first-order valence-electron chi connectivity index (χ1n) is 8.96. The zero-order valence-corrected chi connectivity index (χ0v) is 15.9. The maximum Gasteiger partial charge on any atom is 0.319 e. The van der Waals surface area contributed by atoms with E-state index in [9.17, 15) is 13.6 Å². The van der Waals surface area contributed by atoms with Gasteiger partial charge >= 0.3 is 6.03 Å². The highest BCUT2D eigenvalue weighted by Crippen LogP contribution is 2.37. The van der Waals surface area contributed by atoms with Gasteiger partial charge in [0.15, 0.2) is 0 Å². The van der Waals surface area contributed by atoms with Crippen LogP contribution < -0.4 is 10.6 Å². The van der Waals surface area contributed by atoms with Crippen LogP contribution >= 0.6 is 11.3 Å². The maximum atomic E-state index is 13.2. The Morgan fingerprint density at radius 2 is 1.93 bits per heavy atom. The van der Waals surface area contributed by atoms with Crippen LogP contribution in [-0.4, -0.2) is 16.0 Å². The molecule has 1 atom stereocenters. The fraction of sp³-hybridized carbons (Fsp3) is 0.250. The number of aromatic nitrogens is 2. The van der Waals surface area contributed by atoms with Gasteiger partial charge in [-0.15, -0.1) is 11.3 Å². The molecule has 0 saturated heterocycles. The molecule has 1 aromatic carbocycles. The number of thiazole rings is 1. The van der Waals surface area contributed by atoms with Crippen molar-refractivity contribution < 1.29 is 13.6 Å². The van der Waals surface area contributed by atoms with E-state index in [4.69, 9.17) is 4.98 Å². The molecule has 0 spiro atoms. The Kier molecular flexibility index (Phi) is 5.04. The highest BCUT2D eigenvalue weighted by atomic mass is 32.1. The first-order chi connectivity index (χ1) is 13.5. The number of anilines is 1. The smallest absolute Gasteiger partial charge is 0.319 e. The monoisotopic (exact) mass is 400 g/mol. The van der Waals surface area contributed by atoms with Crippen molar-refractivity contribution in [2.24, 2.45) is 0 Å². The van der Waals surface area contributed by atoms with Crippen molar-refractivity contribution in [2.45, 2.75) is 32.2 Å². The van der Waals surface area contributed by atoms with E-state index in [0.29, 0.717) is 11.4 Å². The lowest BCUT2D eigenvalue weighted by Crippen LogP contribution is -2.34. The van der Waals surface area contributed by atoms with E-state index in [-0.39, 0.29) is 17.9 Å². The second kappa shape index (κ2) is 7.63. The molecule has 2 heterocycles. The van der Waals surface area contributed by atoms with E-state index in [2.05, 4.69) is 15.6 Å². The predicted molar refractivity (Wildman–Crippen MR) is 104 cm³/mol. The van der Waals surface area contributed by atoms with E-state index >= 15 is 0 Å². The van der Waals surface area contributed by atoms with Crippen LogP contribution in [-0.2, 0) is 6.42 Å². The molecule has 144 valence electrons. The van der Waals surface area contributed by atoms with Crippen molar-refractivity contribution in [3.05, 3.63) is 64.4 Å². The number of hydrogen-bond donors (Lipinski definition) is 2. The summed E-state index contributed by atoms with van der Waals surface area (Å²) in [4.78, 5) is 22.0. The van der Waals surface area contributed by atoms with Crippen LogP contribution in [0.1, 0.15) is 35.1 Å². The van der Waals surface area contributed by atoms with Gasteiger partial charge in [-0.3, -0.25) is 0 Å². The van der Waals surface area contributed by atoms with Gasteiger partial charge in [0.25, 0.3) is 0 Å².